The molecule has 0 saturated carbocycles. The van der Waals surface area contributed by atoms with Gasteiger partial charge in [-0.25, -0.2) is 4.98 Å². The highest BCUT2D eigenvalue weighted by Crippen LogP contribution is 2.39. The Hall–Kier alpha value is -2.26. The Balaban J connectivity index is 2.71. The second-order valence-corrected chi connectivity index (χ2v) is 4.17. The number of carbonyl (C=O) groups is 1. The van der Waals surface area contributed by atoms with E-state index in [1.165, 1.54) is 0 Å². The number of halogens is 6. The van der Waals surface area contributed by atoms with Crippen LogP contribution in [-0.2, 0) is 23.6 Å². The molecule has 0 spiro atoms. The number of carboxylic acid groups (broad SMARTS) is 1. The third-order valence-electron chi connectivity index (χ3n) is 2.59. The van der Waals surface area contributed by atoms with Crippen LogP contribution in [0, 0.1) is 0 Å². The number of carboxylic acids is 1. The average Bonchev–Trinajstić information content (AvgIpc) is 2.65. The Morgan fingerprint density at radius 1 is 1.14 bits per heavy atom. The van der Waals surface area contributed by atoms with E-state index in [9.17, 15) is 31.1 Å². The van der Waals surface area contributed by atoms with E-state index in [-0.39, 0.29) is 11.9 Å². The molecule has 1 aromatic heterocycles. The molecule has 2 N–H and O–H groups in total. The van der Waals surface area contributed by atoms with Gasteiger partial charge in [0.05, 0.1) is 16.6 Å². The molecule has 1 heterocycles. The monoisotopic (exact) mass is 312 g/mol. The van der Waals surface area contributed by atoms with Crippen molar-refractivity contribution >= 4 is 17.0 Å². The van der Waals surface area contributed by atoms with E-state index in [2.05, 4.69) is 9.97 Å². The lowest BCUT2D eigenvalue weighted by molar-refractivity contribution is -0.142. The Morgan fingerprint density at radius 2 is 1.76 bits per heavy atom. The first-order chi connectivity index (χ1) is 9.48. The SMILES string of the molecule is O=C(O)Cc1nc2c(C(F)(F)F)cc(C(F)(F)F)cc2[nH]1. The molecule has 0 radical (unpaired) electrons. The third-order valence-corrected chi connectivity index (χ3v) is 2.59. The van der Waals surface area contributed by atoms with Gasteiger partial charge in [-0.2, -0.15) is 26.3 Å². The minimum atomic E-state index is -5.05. The van der Waals surface area contributed by atoms with E-state index < -0.39 is 46.9 Å². The quantitative estimate of drug-likeness (QED) is 0.837. The summed E-state index contributed by atoms with van der Waals surface area (Å²) in [5, 5.41) is 8.54. The van der Waals surface area contributed by atoms with Crippen LogP contribution < -0.4 is 0 Å². The number of imidazole rings is 1. The number of alkyl halides is 6. The summed E-state index contributed by atoms with van der Waals surface area (Å²) in [6, 6.07) is 0.413. The molecule has 10 heteroatoms. The van der Waals surface area contributed by atoms with Gasteiger partial charge in [0.15, 0.2) is 0 Å². The van der Waals surface area contributed by atoms with Gasteiger partial charge in [0.1, 0.15) is 17.8 Å². The van der Waals surface area contributed by atoms with Crippen molar-refractivity contribution in [1.82, 2.24) is 9.97 Å². The van der Waals surface area contributed by atoms with E-state index in [0.29, 0.717) is 6.07 Å². The molecule has 0 aliphatic heterocycles. The van der Waals surface area contributed by atoms with Gasteiger partial charge in [0, 0.05) is 0 Å². The first-order valence-electron chi connectivity index (χ1n) is 5.37. The van der Waals surface area contributed by atoms with E-state index in [0.717, 1.165) is 0 Å². The summed E-state index contributed by atoms with van der Waals surface area (Å²) in [5.41, 5.74) is -4.33. The topological polar surface area (TPSA) is 66.0 Å². The second kappa shape index (κ2) is 4.64. The molecule has 0 aliphatic carbocycles. The van der Waals surface area contributed by atoms with Gasteiger partial charge in [0.2, 0.25) is 0 Å². The number of aromatic nitrogens is 2. The highest BCUT2D eigenvalue weighted by molar-refractivity contribution is 5.81. The Bertz CT molecular complexity index is 701. The van der Waals surface area contributed by atoms with Gasteiger partial charge in [-0.15, -0.1) is 0 Å². The summed E-state index contributed by atoms with van der Waals surface area (Å²) in [4.78, 5) is 16.1. The normalized spacial score (nSPS) is 12.9. The van der Waals surface area contributed by atoms with Crippen LogP contribution in [0.15, 0.2) is 12.1 Å². The largest absolute Gasteiger partial charge is 0.481 e. The number of aliphatic carboxylic acids is 1. The summed E-state index contributed by atoms with van der Waals surface area (Å²) in [6.07, 6.45) is -10.7. The van der Waals surface area contributed by atoms with Crippen molar-refractivity contribution < 1.29 is 36.2 Å². The molecule has 114 valence electrons. The summed E-state index contributed by atoms with van der Waals surface area (Å²) in [6.45, 7) is 0. The smallest absolute Gasteiger partial charge is 0.418 e. The van der Waals surface area contributed by atoms with Gasteiger partial charge < -0.3 is 10.1 Å². The molecule has 1 aromatic carbocycles. The number of H-pyrrole nitrogens is 1. The van der Waals surface area contributed by atoms with Crippen molar-refractivity contribution in [3.63, 3.8) is 0 Å². The Labute approximate surface area is 112 Å². The predicted molar refractivity (Wildman–Crippen MR) is 57.4 cm³/mol. The van der Waals surface area contributed by atoms with Crippen LogP contribution >= 0.6 is 0 Å². The summed E-state index contributed by atoms with van der Waals surface area (Å²) in [5.74, 6) is -1.74. The fourth-order valence-corrected chi connectivity index (χ4v) is 1.78. The van der Waals surface area contributed by atoms with Gasteiger partial charge in [-0.05, 0) is 12.1 Å². The fraction of sp³-hybridized carbons (Fsp3) is 0.273. The lowest BCUT2D eigenvalue weighted by Crippen LogP contribution is -2.11. The van der Waals surface area contributed by atoms with Crippen LogP contribution in [0.1, 0.15) is 17.0 Å². The van der Waals surface area contributed by atoms with Gasteiger partial charge in [-0.1, -0.05) is 0 Å². The van der Waals surface area contributed by atoms with Crippen molar-refractivity contribution in [2.45, 2.75) is 18.8 Å². The highest BCUT2D eigenvalue weighted by Gasteiger charge is 2.39. The van der Waals surface area contributed by atoms with Crippen molar-refractivity contribution in [1.29, 1.82) is 0 Å². The zero-order valence-corrected chi connectivity index (χ0v) is 9.93. The summed E-state index contributed by atoms with van der Waals surface area (Å²) in [7, 11) is 0. The van der Waals surface area contributed by atoms with Gasteiger partial charge in [0.25, 0.3) is 0 Å². The minimum absolute atomic E-state index is 0.0479. The third kappa shape index (κ3) is 3.09. The molecule has 4 nitrogen and oxygen atoms in total. The first-order valence-corrected chi connectivity index (χ1v) is 5.37. The number of benzene rings is 1. The molecule has 0 aliphatic rings. The van der Waals surface area contributed by atoms with E-state index in [1.807, 2.05) is 0 Å². The lowest BCUT2D eigenvalue weighted by Gasteiger charge is -2.11. The van der Waals surface area contributed by atoms with Crippen molar-refractivity contribution in [3.8, 4) is 0 Å². The van der Waals surface area contributed by atoms with Crippen molar-refractivity contribution in [2.24, 2.45) is 0 Å². The molecular formula is C11H6F6N2O2. The zero-order valence-electron chi connectivity index (χ0n) is 9.93. The van der Waals surface area contributed by atoms with Crippen molar-refractivity contribution in [3.05, 3.63) is 29.1 Å². The molecular weight excluding hydrogens is 306 g/mol. The van der Waals surface area contributed by atoms with Crippen molar-refractivity contribution in [2.75, 3.05) is 0 Å². The lowest BCUT2D eigenvalue weighted by atomic mass is 10.1. The Kier molecular flexibility index (Phi) is 3.34. The molecule has 21 heavy (non-hydrogen) atoms. The van der Waals surface area contributed by atoms with E-state index in [4.69, 9.17) is 5.11 Å². The zero-order chi connectivity index (χ0) is 16.0. The van der Waals surface area contributed by atoms with Crippen LogP contribution in [-0.4, -0.2) is 21.0 Å². The minimum Gasteiger partial charge on any atom is -0.481 e. The molecule has 0 bridgehead atoms. The molecule has 0 fully saturated rings. The standard InChI is InChI=1S/C11H6F6N2O2/c12-10(13,14)4-1-5(11(15,16)17)9-6(2-4)18-7(19-9)3-8(20)21/h1-2H,3H2,(H,18,19)(H,20,21). The second-order valence-electron chi connectivity index (χ2n) is 4.17. The average molecular weight is 312 g/mol. The molecule has 0 unspecified atom stereocenters. The first kappa shape index (κ1) is 15.1. The molecule has 0 saturated heterocycles. The number of nitrogens with one attached hydrogen (secondary N) is 1. The van der Waals surface area contributed by atoms with E-state index >= 15 is 0 Å². The maximum atomic E-state index is 12.8. The maximum Gasteiger partial charge on any atom is 0.418 e. The highest BCUT2D eigenvalue weighted by atomic mass is 19.4. The number of nitrogens with zero attached hydrogens (tertiary/aromatic N) is 1. The summed E-state index contributed by atoms with van der Waals surface area (Å²) < 4.78 is 76.3. The van der Waals surface area contributed by atoms with Gasteiger partial charge in [-0.3, -0.25) is 4.79 Å². The Morgan fingerprint density at radius 3 is 2.24 bits per heavy atom. The molecule has 2 rings (SSSR count). The van der Waals surface area contributed by atoms with Crippen LogP contribution in [0.5, 0.6) is 0 Å². The number of hydrogen-bond acceptors (Lipinski definition) is 2. The molecule has 0 atom stereocenters. The van der Waals surface area contributed by atoms with Crippen LogP contribution in [0.25, 0.3) is 11.0 Å². The van der Waals surface area contributed by atoms with Gasteiger partial charge >= 0.3 is 18.3 Å². The fourth-order valence-electron chi connectivity index (χ4n) is 1.78. The predicted octanol–water partition coefficient (Wildman–Crippen LogP) is 3.23. The van der Waals surface area contributed by atoms with E-state index in [1.54, 1.807) is 0 Å². The molecule has 0 amide bonds. The van der Waals surface area contributed by atoms with Crippen LogP contribution in [0.2, 0.25) is 0 Å². The molecule has 2 aromatic rings. The number of fused-ring (bicyclic) bond motifs is 1. The maximum absolute atomic E-state index is 12.8. The number of aromatic amines is 1. The number of rotatable bonds is 2. The number of hydrogen-bond donors (Lipinski definition) is 2. The van der Waals surface area contributed by atoms with Crippen LogP contribution in [0.3, 0.4) is 0 Å². The summed E-state index contributed by atoms with van der Waals surface area (Å²) >= 11 is 0. The van der Waals surface area contributed by atoms with Crippen LogP contribution in [0.4, 0.5) is 26.3 Å².